The van der Waals surface area contributed by atoms with Gasteiger partial charge in [-0.15, -0.1) is 0 Å². The summed E-state index contributed by atoms with van der Waals surface area (Å²) in [5, 5.41) is 12.3. The molecule has 2 nitrogen and oxygen atoms in total. The molecule has 1 unspecified atom stereocenters. The van der Waals surface area contributed by atoms with Crippen LogP contribution in [0.2, 0.25) is 0 Å². The molecule has 106 valence electrons. The van der Waals surface area contributed by atoms with Crippen molar-refractivity contribution in [3.63, 3.8) is 0 Å². The first-order valence-corrected chi connectivity index (χ1v) is 7.33. The predicted octanol–water partition coefficient (Wildman–Crippen LogP) is 4.08. The van der Waals surface area contributed by atoms with Crippen LogP contribution < -0.4 is 0 Å². The maximum absolute atomic E-state index is 11.2. The lowest BCUT2D eigenvalue weighted by atomic mass is 9.84. The van der Waals surface area contributed by atoms with Crippen LogP contribution in [0.25, 0.3) is 10.9 Å². The summed E-state index contributed by atoms with van der Waals surface area (Å²) in [6.45, 7) is 2.02. The molecule has 0 aliphatic rings. The lowest BCUT2D eigenvalue weighted by Crippen LogP contribution is -2.28. The molecule has 0 saturated heterocycles. The summed E-state index contributed by atoms with van der Waals surface area (Å²) in [4.78, 5) is 4.48. The van der Waals surface area contributed by atoms with Gasteiger partial charge in [-0.1, -0.05) is 61.5 Å². The van der Waals surface area contributed by atoms with E-state index >= 15 is 0 Å². The fraction of sp³-hybridized carbons (Fsp3) is 0.211. The Bertz CT molecular complexity index is 733. The van der Waals surface area contributed by atoms with E-state index in [0.29, 0.717) is 12.8 Å². The molecule has 1 heterocycles. The smallest absolute Gasteiger partial charge is 0.0955 e. The maximum Gasteiger partial charge on any atom is 0.0955 e. The number of para-hydroxylation sites is 1. The molecule has 0 bridgehead atoms. The minimum absolute atomic E-state index is 0.597. The first-order valence-electron chi connectivity index (χ1n) is 7.33. The lowest BCUT2D eigenvalue weighted by molar-refractivity contribution is 0.0340. The van der Waals surface area contributed by atoms with Crippen LogP contribution in [0, 0.1) is 0 Å². The number of aliphatic hydroxyl groups is 1. The van der Waals surface area contributed by atoms with Gasteiger partial charge in [0, 0.05) is 23.6 Å². The van der Waals surface area contributed by atoms with Gasteiger partial charge in [0.05, 0.1) is 11.1 Å². The molecule has 0 fully saturated rings. The predicted molar refractivity (Wildman–Crippen MR) is 86.1 cm³/mol. The molecule has 0 amide bonds. The average molecular weight is 277 g/mol. The first-order chi connectivity index (χ1) is 10.2. The monoisotopic (exact) mass is 277 g/mol. The third-order valence-electron chi connectivity index (χ3n) is 4.06. The van der Waals surface area contributed by atoms with Crippen molar-refractivity contribution in [1.29, 1.82) is 0 Å². The fourth-order valence-electron chi connectivity index (χ4n) is 2.82. The topological polar surface area (TPSA) is 33.1 Å². The van der Waals surface area contributed by atoms with Crippen LogP contribution in [-0.2, 0) is 12.0 Å². The zero-order valence-corrected chi connectivity index (χ0v) is 12.2. The van der Waals surface area contributed by atoms with E-state index < -0.39 is 5.60 Å². The van der Waals surface area contributed by atoms with Crippen molar-refractivity contribution in [3.8, 4) is 0 Å². The van der Waals surface area contributed by atoms with Crippen molar-refractivity contribution in [2.24, 2.45) is 0 Å². The Morgan fingerprint density at radius 1 is 0.952 bits per heavy atom. The van der Waals surface area contributed by atoms with Gasteiger partial charge in [-0.25, -0.2) is 0 Å². The second-order valence-corrected chi connectivity index (χ2v) is 5.43. The van der Waals surface area contributed by atoms with E-state index in [1.807, 2.05) is 55.5 Å². The van der Waals surface area contributed by atoms with Gasteiger partial charge in [0.25, 0.3) is 0 Å². The zero-order chi connectivity index (χ0) is 14.7. The Hall–Kier alpha value is -2.19. The molecule has 0 saturated carbocycles. The van der Waals surface area contributed by atoms with Gasteiger partial charge < -0.3 is 5.11 Å². The lowest BCUT2D eigenvalue weighted by Gasteiger charge is -2.28. The number of fused-ring (bicyclic) bond motifs is 1. The molecule has 0 aliphatic heterocycles. The van der Waals surface area contributed by atoms with E-state index in [0.717, 1.165) is 22.0 Å². The Balaban J connectivity index is 2.09. The zero-order valence-electron chi connectivity index (χ0n) is 12.2. The highest BCUT2D eigenvalue weighted by Gasteiger charge is 2.29. The summed E-state index contributed by atoms with van der Waals surface area (Å²) in [5.41, 5.74) is 2.04. The normalized spacial score (nSPS) is 14.0. The molecule has 21 heavy (non-hydrogen) atoms. The summed E-state index contributed by atoms with van der Waals surface area (Å²) in [6, 6.07) is 20.1. The number of rotatable bonds is 4. The highest BCUT2D eigenvalue weighted by atomic mass is 16.3. The fourth-order valence-corrected chi connectivity index (χ4v) is 2.82. The van der Waals surface area contributed by atoms with Crippen molar-refractivity contribution in [2.45, 2.75) is 25.4 Å². The largest absolute Gasteiger partial charge is 0.385 e. The van der Waals surface area contributed by atoms with Crippen molar-refractivity contribution >= 4 is 10.9 Å². The van der Waals surface area contributed by atoms with Gasteiger partial charge in [0.1, 0.15) is 0 Å². The van der Waals surface area contributed by atoms with Gasteiger partial charge in [-0.2, -0.15) is 0 Å². The first kappa shape index (κ1) is 13.8. The van der Waals surface area contributed by atoms with E-state index in [1.54, 1.807) is 6.20 Å². The number of hydrogen-bond acceptors (Lipinski definition) is 2. The van der Waals surface area contributed by atoms with Gasteiger partial charge in [0.2, 0.25) is 0 Å². The second-order valence-electron chi connectivity index (χ2n) is 5.43. The average Bonchev–Trinajstić information content (AvgIpc) is 2.55. The standard InChI is InChI=1S/C19H19NO/c1-2-19(21,14-15-8-4-3-5-9-15)17-12-6-10-16-11-7-13-20-18(16)17/h3-13,21H,2,14H2,1H3. The van der Waals surface area contributed by atoms with Crippen molar-refractivity contribution in [3.05, 3.63) is 78.0 Å². The minimum Gasteiger partial charge on any atom is -0.385 e. The van der Waals surface area contributed by atoms with Crippen LogP contribution in [0.5, 0.6) is 0 Å². The van der Waals surface area contributed by atoms with Crippen LogP contribution in [0.15, 0.2) is 66.9 Å². The van der Waals surface area contributed by atoms with Crippen molar-refractivity contribution < 1.29 is 5.11 Å². The van der Waals surface area contributed by atoms with Gasteiger partial charge >= 0.3 is 0 Å². The molecule has 1 atom stereocenters. The third-order valence-corrected chi connectivity index (χ3v) is 4.06. The highest BCUT2D eigenvalue weighted by molar-refractivity contribution is 5.82. The third kappa shape index (κ3) is 2.67. The summed E-state index contributed by atoms with van der Waals surface area (Å²) in [5.74, 6) is 0. The van der Waals surface area contributed by atoms with Crippen molar-refractivity contribution in [1.82, 2.24) is 4.98 Å². The number of pyridine rings is 1. The Morgan fingerprint density at radius 2 is 1.71 bits per heavy atom. The van der Waals surface area contributed by atoms with E-state index in [4.69, 9.17) is 0 Å². The molecule has 2 heteroatoms. The van der Waals surface area contributed by atoms with Crippen molar-refractivity contribution in [2.75, 3.05) is 0 Å². The van der Waals surface area contributed by atoms with Crippen LogP contribution >= 0.6 is 0 Å². The van der Waals surface area contributed by atoms with E-state index in [2.05, 4.69) is 17.1 Å². The molecule has 0 radical (unpaired) electrons. The Morgan fingerprint density at radius 3 is 2.48 bits per heavy atom. The van der Waals surface area contributed by atoms with Crippen LogP contribution in [0.3, 0.4) is 0 Å². The molecule has 1 N–H and O–H groups in total. The van der Waals surface area contributed by atoms with Crippen LogP contribution in [0.4, 0.5) is 0 Å². The summed E-state index contributed by atoms with van der Waals surface area (Å²) >= 11 is 0. The van der Waals surface area contributed by atoms with E-state index in [9.17, 15) is 5.11 Å². The van der Waals surface area contributed by atoms with Crippen LogP contribution in [-0.4, -0.2) is 10.1 Å². The molecule has 1 aromatic heterocycles. The van der Waals surface area contributed by atoms with Gasteiger partial charge in [-0.05, 0) is 18.1 Å². The quantitative estimate of drug-likeness (QED) is 0.779. The minimum atomic E-state index is -0.894. The number of benzene rings is 2. The second kappa shape index (κ2) is 5.66. The molecule has 0 spiro atoms. The SMILES string of the molecule is CCC(O)(Cc1ccccc1)c1cccc2cccnc12. The van der Waals surface area contributed by atoms with Gasteiger partial charge in [-0.3, -0.25) is 4.98 Å². The highest BCUT2D eigenvalue weighted by Crippen LogP contribution is 2.33. The maximum atomic E-state index is 11.2. The number of hydrogen-bond donors (Lipinski definition) is 1. The molecule has 3 aromatic rings. The molecule has 0 aliphatic carbocycles. The molecular weight excluding hydrogens is 258 g/mol. The van der Waals surface area contributed by atoms with E-state index in [1.165, 1.54) is 0 Å². The Labute approximate surface area is 125 Å². The number of nitrogens with zero attached hydrogens (tertiary/aromatic N) is 1. The van der Waals surface area contributed by atoms with Gasteiger partial charge in [0.15, 0.2) is 0 Å². The Kier molecular flexibility index (Phi) is 3.72. The number of aromatic nitrogens is 1. The summed E-state index contributed by atoms with van der Waals surface area (Å²) < 4.78 is 0. The molecule has 3 rings (SSSR count). The molecular formula is C19H19NO. The van der Waals surface area contributed by atoms with Crippen LogP contribution in [0.1, 0.15) is 24.5 Å². The summed E-state index contributed by atoms with van der Waals surface area (Å²) in [7, 11) is 0. The molecule has 2 aromatic carbocycles. The van der Waals surface area contributed by atoms with E-state index in [-0.39, 0.29) is 0 Å². The summed E-state index contributed by atoms with van der Waals surface area (Å²) in [6.07, 6.45) is 3.03.